The highest BCUT2D eigenvalue weighted by Gasteiger charge is 2.45. The molecule has 0 aromatic carbocycles. The van der Waals surface area contributed by atoms with E-state index in [0.29, 0.717) is 5.92 Å². The molecule has 0 spiro atoms. The number of aliphatic imine (C=N–C) groups is 2. The first-order valence-corrected chi connectivity index (χ1v) is 7.81. The van der Waals surface area contributed by atoms with Crippen molar-refractivity contribution in [2.45, 2.75) is 32.6 Å². The van der Waals surface area contributed by atoms with Gasteiger partial charge in [0.05, 0.1) is 35.0 Å². The lowest BCUT2D eigenvalue weighted by molar-refractivity contribution is -0.594. The zero-order valence-electron chi connectivity index (χ0n) is 10.3. The van der Waals surface area contributed by atoms with Gasteiger partial charge in [-0.05, 0) is 18.8 Å². The van der Waals surface area contributed by atoms with Gasteiger partial charge in [0.1, 0.15) is 11.9 Å². The standard InChI is InChI=1S/C13H16ClIN3/c1-9-2-4-10(5-3-9)12-11-8-16-6-7-18(11,14)13(15)17-12/h6-10H,2-5H2,1H3/q+1. The first-order valence-electron chi connectivity index (χ1n) is 6.40. The fourth-order valence-electron chi connectivity index (χ4n) is 2.87. The largest absolute Gasteiger partial charge is 0.292 e. The van der Waals surface area contributed by atoms with Crippen LogP contribution in [0.5, 0.6) is 0 Å². The fourth-order valence-corrected chi connectivity index (χ4v) is 3.76. The molecule has 5 heteroatoms. The van der Waals surface area contributed by atoms with Gasteiger partial charge in [-0.15, -0.1) is 4.00 Å². The number of amidine groups is 1. The highest BCUT2D eigenvalue weighted by atomic mass is 127. The normalized spacial score (nSPS) is 38.9. The fraction of sp³-hybridized carbons (Fsp3) is 0.538. The highest BCUT2D eigenvalue weighted by molar-refractivity contribution is 14.1. The summed E-state index contributed by atoms with van der Waals surface area (Å²) in [6.07, 6.45) is 10.5. The predicted molar refractivity (Wildman–Crippen MR) is 83.3 cm³/mol. The van der Waals surface area contributed by atoms with E-state index in [2.05, 4.69) is 34.5 Å². The third-order valence-corrected chi connectivity index (χ3v) is 5.79. The van der Waals surface area contributed by atoms with Crippen molar-refractivity contribution < 1.29 is 4.00 Å². The Bertz CT molecular complexity index is 486. The minimum atomic E-state index is 0.186. The molecule has 3 rings (SSSR count). The van der Waals surface area contributed by atoms with Gasteiger partial charge in [-0.3, -0.25) is 4.99 Å². The highest BCUT2D eigenvalue weighted by Crippen LogP contribution is 2.43. The number of fused-ring (bicyclic) bond motifs is 1. The Morgan fingerprint density at radius 1 is 1.33 bits per heavy atom. The lowest BCUT2D eigenvalue weighted by Crippen LogP contribution is -2.34. The van der Waals surface area contributed by atoms with E-state index in [1.807, 2.05) is 12.4 Å². The van der Waals surface area contributed by atoms with E-state index in [1.165, 1.54) is 25.7 Å². The van der Waals surface area contributed by atoms with Gasteiger partial charge in [0, 0.05) is 5.92 Å². The molecule has 2 heterocycles. The summed E-state index contributed by atoms with van der Waals surface area (Å²) < 4.78 is 1.09. The van der Waals surface area contributed by atoms with Crippen LogP contribution in [0.1, 0.15) is 32.6 Å². The molecule has 1 aliphatic carbocycles. The molecular formula is C13H16ClIN3+. The number of halogens is 2. The number of quaternary nitrogens is 1. The minimum absolute atomic E-state index is 0.186. The molecule has 1 fully saturated rings. The summed E-state index contributed by atoms with van der Waals surface area (Å²) in [5.41, 5.74) is 2.21. The van der Waals surface area contributed by atoms with Gasteiger partial charge in [0.2, 0.25) is 5.70 Å². The molecule has 0 aromatic rings. The minimum Gasteiger partial charge on any atom is -0.253 e. The average molecular weight is 377 g/mol. The molecule has 3 nitrogen and oxygen atoms in total. The van der Waals surface area contributed by atoms with Crippen molar-refractivity contribution in [3.05, 3.63) is 23.8 Å². The van der Waals surface area contributed by atoms with Gasteiger partial charge >= 0.3 is 0 Å². The van der Waals surface area contributed by atoms with Crippen molar-refractivity contribution in [2.75, 3.05) is 0 Å². The van der Waals surface area contributed by atoms with E-state index in [-0.39, 0.29) is 4.00 Å². The van der Waals surface area contributed by atoms with Crippen LogP contribution in [0, 0.1) is 11.8 Å². The van der Waals surface area contributed by atoms with Crippen LogP contribution in [0.4, 0.5) is 0 Å². The topological polar surface area (TPSA) is 24.7 Å². The van der Waals surface area contributed by atoms with Crippen molar-refractivity contribution in [3.8, 4) is 0 Å². The van der Waals surface area contributed by atoms with Crippen LogP contribution >= 0.6 is 34.4 Å². The predicted octanol–water partition coefficient (Wildman–Crippen LogP) is 4.36. The summed E-state index contributed by atoms with van der Waals surface area (Å²) in [6, 6.07) is 0. The number of rotatable bonds is 1. The van der Waals surface area contributed by atoms with Crippen LogP contribution in [0.15, 0.2) is 33.8 Å². The number of nitrogens with zero attached hydrogens (tertiary/aromatic N) is 3. The van der Waals surface area contributed by atoms with Crippen molar-refractivity contribution in [3.63, 3.8) is 0 Å². The van der Waals surface area contributed by atoms with Gasteiger partial charge in [-0.2, -0.15) is 4.99 Å². The molecular weight excluding hydrogens is 361 g/mol. The molecule has 2 aliphatic heterocycles. The van der Waals surface area contributed by atoms with Crippen LogP contribution in [-0.4, -0.2) is 14.1 Å². The third-order valence-electron chi connectivity index (χ3n) is 4.05. The SMILES string of the molecule is CC1CCC(C2=C3C=NC=C[N+]3(Cl)C(I)=N2)CC1. The van der Waals surface area contributed by atoms with Crippen LogP contribution in [0.25, 0.3) is 0 Å². The second kappa shape index (κ2) is 4.72. The average Bonchev–Trinajstić information content (AvgIpc) is 2.63. The molecule has 0 aromatic heterocycles. The first-order chi connectivity index (χ1) is 8.61. The van der Waals surface area contributed by atoms with Crippen LogP contribution in [0.2, 0.25) is 0 Å². The molecule has 0 bridgehead atoms. The number of hydrogen-bond donors (Lipinski definition) is 0. The summed E-state index contributed by atoms with van der Waals surface area (Å²) in [5.74, 6) is 1.41. The van der Waals surface area contributed by atoms with Crippen LogP contribution < -0.4 is 0 Å². The molecule has 18 heavy (non-hydrogen) atoms. The number of allylic oxidation sites excluding steroid dienone is 2. The van der Waals surface area contributed by atoms with Gasteiger partial charge in [-0.1, -0.05) is 19.8 Å². The molecule has 1 unspecified atom stereocenters. The van der Waals surface area contributed by atoms with E-state index in [0.717, 1.165) is 21.2 Å². The van der Waals surface area contributed by atoms with E-state index in [9.17, 15) is 0 Å². The van der Waals surface area contributed by atoms with Crippen molar-refractivity contribution in [2.24, 2.45) is 21.8 Å². The van der Waals surface area contributed by atoms with Gasteiger partial charge in [0.15, 0.2) is 11.8 Å². The molecule has 0 saturated heterocycles. The van der Waals surface area contributed by atoms with E-state index in [1.54, 1.807) is 6.20 Å². The molecule has 0 N–H and O–H groups in total. The Kier molecular flexibility index (Phi) is 3.36. The zero-order valence-corrected chi connectivity index (χ0v) is 13.2. The van der Waals surface area contributed by atoms with Crippen molar-refractivity contribution >= 4 is 44.4 Å². The second-order valence-corrected chi connectivity index (χ2v) is 6.82. The summed E-state index contributed by atoms with van der Waals surface area (Å²) in [6.45, 7) is 2.34. The monoisotopic (exact) mass is 376 g/mol. The second-order valence-electron chi connectivity index (χ2n) is 5.32. The third kappa shape index (κ3) is 1.98. The van der Waals surface area contributed by atoms with E-state index >= 15 is 0 Å². The number of hydrogen-bond acceptors (Lipinski definition) is 2. The Hall–Kier alpha value is -0.200. The van der Waals surface area contributed by atoms with Gasteiger partial charge < -0.3 is 0 Å². The Labute approximate surface area is 126 Å². The zero-order chi connectivity index (χ0) is 12.8. The Balaban J connectivity index is 1.94. The quantitative estimate of drug-likeness (QED) is 0.369. The maximum absolute atomic E-state index is 6.63. The first kappa shape index (κ1) is 12.8. The van der Waals surface area contributed by atoms with Gasteiger partial charge in [0.25, 0.3) is 3.84 Å². The van der Waals surface area contributed by atoms with Gasteiger partial charge in [-0.25, -0.2) is 0 Å². The molecule has 0 amide bonds. The molecule has 3 aliphatic rings. The smallest absolute Gasteiger partial charge is 0.253 e. The Morgan fingerprint density at radius 3 is 2.78 bits per heavy atom. The maximum Gasteiger partial charge on any atom is 0.292 e. The molecule has 1 atom stereocenters. The lowest BCUT2D eigenvalue weighted by Gasteiger charge is -2.26. The maximum atomic E-state index is 6.63. The lowest BCUT2D eigenvalue weighted by atomic mass is 9.81. The Morgan fingerprint density at radius 2 is 2.06 bits per heavy atom. The van der Waals surface area contributed by atoms with Crippen LogP contribution in [-0.2, 0) is 0 Å². The molecule has 0 radical (unpaired) electrons. The van der Waals surface area contributed by atoms with E-state index in [4.69, 9.17) is 16.8 Å². The van der Waals surface area contributed by atoms with Crippen molar-refractivity contribution in [1.82, 2.24) is 0 Å². The van der Waals surface area contributed by atoms with Crippen molar-refractivity contribution in [1.29, 1.82) is 0 Å². The summed E-state index contributed by atoms with van der Waals surface area (Å²) in [7, 11) is 0. The van der Waals surface area contributed by atoms with Crippen LogP contribution in [0.3, 0.4) is 0 Å². The van der Waals surface area contributed by atoms with E-state index < -0.39 is 0 Å². The summed E-state index contributed by atoms with van der Waals surface area (Å²) >= 11 is 8.86. The molecule has 96 valence electrons. The molecule has 1 saturated carbocycles. The summed E-state index contributed by atoms with van der Waals surface area (Å²) in [4.78, 5) is 8.95. The summed E-state index contributed by atoms with van der Waals surface area (Å²) in [5, 5.41) is 0.